The number of benzene rings is 2. The maximum atomic E-state index is 12.7. The first-order valence-corrected chi connectivity index (χ1v) is 11.6. The summed E-state index contributed by atoms with van der Waals surface area (Å²) in [5.74, 6) is 0.434. The van der Waals surface area contributed by atoms with Crippen molar-refractivity contribution in [2.75, 3.05) is 25.0 Å². The fourth-order valence-electron chi connectivity index (χ4n) is 3.57. The number of piperidine rings is 1. The number of carbonyl (C=O) groups excluding carboxylic acids is 1. The van der Waals surface area contributed by atoms with E-state index in [0.29, 0.717) is 44.0 Å². The van der Waals surface area contributed by atoms with E-state index in [1.165, 1.54) is 4.31 Å². The van der Waals surface area contributed by atoms with E-state index < -0.39 is 10.0 Å². The van der Waals surface area contributed by atoms with Crippen molar-refractivity contribution >= 4 is 21.6 Å². The summed E-state index contributed by atoms with van der Waals surface area (Å²) in [5, 5.41) is 2.92. The molecule has 0 aromatic heterocycles. The number of nitrogens with zero attached hydrogens (tertiary/aromatic N) is 1. The summed E-state index contributed by atoms with van der Waals surface area (Å²) in [6, 6.07) is 14.8. The highest BCUT2D eigenvalue weighted by Crippen LogP contribution is 2.24. The molecule has 0 atom stereocenters. The van der Waals surface area contributed by atoms with Crippen LogP contribution in [0.1, 0.15) is 30.9 Å². The van der Waals surface area contributed by atoms with Gasteiger partial charge in [-0.3, -0.25) is 4.79 Å². The van der Waals surface area contributed by atoms with E-state index >= 15 is 0 Å². The zero-order chi connectivity index (χ0) is 20.9. The minimum atomic E-state index is -3.39. The average molecular weight is 417 g/mol. The van der Waals surface area contributed by atoms with Crippen molar-refractivity contribution in [1.82, 2.24) is 4.31 Å². The molecule has 0 bridgehead atoms. The van der Waals surface area contributed by atoms with Crippen molar-refractivity contribution in [3.8, 4) is 5.75 Å². The van der Waals surface area contributed by atoms with Gasteiger partial charge in [-0.2, -0.15) is 0 Å². The number of hydrogen-bond acceptors (Lipinski definition) is 4. The number of carbonyl (C=O) groups is 1. The van der Waals surface area contributed by atoms with Crippen LogP contribution in [-0.2, 0) is 20.6 Å². The summed E-state index contributed by atoms with van der Waals surface area (Å²) < 4.78 is 32.5. The van der Waals surface area contributed by atoms with Gasteiger partial charge in [-0.1, -0.05) is 35.9 Å². The Hall–Kier alpha value is -2.38. The summed E-state index contributed by atoms with van der Waals surface area (Å²) in [4.78, 5) is 12.6. The highest BCUT2D eigenvalue weighted by Gasteiger charge is 2.31. The van der Waals surface area contributed by atoms with E-state index in [0.717, 1.165) is 11.1 Å². The van der Waals surface area contributed by atoms with E-state index in [9.17, 15) is 13.2 Å². The fraction of sp³-hybridized carbons (Fsp3) is 0.409. The number of nitrogens with one attached hydrogen (secondary N) is 1. The lowest BCUT2D eigenvalue weighted by molar-refractivity contribution is -0.120. The standard InChI is InChI=1S/C22H28N2O4S/c1-3-28-21-9-5-8-20(15-21)23-22(25)19-10-12-24(13-11-19)29(26,27)16-18-7-4-6-17(2)14-18/h4-9,14-15,19H,3,10-13,16H2,1-2H3,(H,23,25). The second kappa shape index (κ2) is 9.41. The monoisotopic (exact) mass is 416 g/mol. The lowest BCUT2D eigenvalue weighted by Crippen LogP contribution is -2.41. The zero-order valence-corrected chi connectivity index (χ0v) is 17.7. The lowest BCUT2D eigenvalue weighted by Gasteiger charge is -2.30. The molecule has 0 radical (unpaired) electrons. The number of ether oxygens (including phenoxy) is 1. The van der Waals surface area contributed by atoms with Crippen LogP contribution in [0, 0.1) is 12.8 Å². The predicted octanol–water partition coefficient (Wildman–Crippen LogP) is 3.57. The SMILES string of the molecule is CCOc1cccc(NC(=O)C2CCN(S(=O)(=O)Cc3cccc(C)c3)CC2)c1. The number of aryl methyl sites for hydroxylation is 1. The first-order chi connectivity index (χ1) is 13.9. The molecule has 0 aliphatic carbocycles. The molecular weight excluding hydrogens is 388 g/mol. The summed E-state index contributed by atoms with van der Waals surface area (Å²) in [6.45, 7) is 5.15. The maximum absolute atomic E-state index is 12.7. The van der Waals surface area contributed by atoms with Crippen LogP contribution in [-0.4, -0.2) is 38.3 Å². The van der Waals surface area contributed by atoms with Gasteiger partial charge < -0.3 is 10.1 Å². The highest BCUT2D eigenvalue weighted by molar-refractivity contribution is 7.88. The molecule has 1 fully saturated rings. The molecule has 1 amide bonds. The Balaban J connectivity index is 1.55. The Labute approximate surface area is 172 Å². The van der Waals surface area contributed by atoms with Crippen LogP contribution in [0.15, 0.2) is 48.5 Å². The zero-order valence-electron chi connectivity index (χ0n) is 16.9. The fourth-order valence-corrected chi connectivity index (χ4v) is 5.13. The molecule has 0 spiro atoms. The number of rotatable bonds is 7. The first kappa shape index (κ1) is 21.3. The molecular formula is C22H28N2O4S. The van der Waals surface area contributed by atoms with Crippen LogP contribution in [0.25, 0.3) is 0 Å². The minimum Gasteiger partial charge on any atom is -0.494 e. The Morgan fingerprint density at radius 1 is 1.14 bits per heavy atom. The molecule has 1 aliphatic heterocycles. The van der Waals surface area contributed by atoms with Gasteiger partial charge in [0.2, 0.25) is 15.9 Å². The van der Waals surface area contributed by atoms with Crippen LogP contribution in [0.4, 0.5) is 5.69 Å². The maximum Gasteiger partial charge on any atom is 0.227 e. The predicted molar refractivity (Wildman–Crippen MR) is 114 cm³/mol. The second-order valence-electron chi connectivity index (χ2n) is 7.37. The summed E-state index contributed by atoms with van der Waals surface area (Å²) in [6.07, 6.45) is 1.04. The molecule has 6 nitrogen and oxygen atoms in total. The third-order valence-corrected chi connectivity index (χ3v) is 6.91. The number of sulfonamides is 1. The third kappa shape index (κ3) is 5.81. The topological polar surface area (TPSA) is 75.7 Å². The molecule has 1 heterocycles. The molecule has 1 aliphatic rings. The molecule has 156 valence electrons. The van der Waals surface area contributed by atoms with Crippen molar-refractivity contribution in [1.29, 1.82) is 0 Å². The molecule has 29 heavy (non-hydrogen) atoms. The van der Waals surface area contributed by atoms with Crippen molar-refractivity contribution in [2.24, 2.45) is 5.92 Å². The Bertz CT molecular complexity index is 951. The van der Waals surface area contributed by atoms with E-state index in [1.807, 2.05) is 56.3 Å². The Morgan fingerprint density at radius 3 is 2.55 bits per heavy atom. The normalized spacial score (nSPS) is 15.8. The Morgan fingerprint density at radius 2 is 1.86 bits per heavy atom. The average Bonchev–Trinajstić information content (AvgIpc) is 2.68. The van der Waals surface area contributed by atoms with Crippen molar-refractivity contribution in [3.63, 3.8) is 0 Å². The molecule has 2 aromatic rings. The van der Waals surface area contributed by atoms with Crippen LogP contribution < -0.4 is 10.1 Å². The number of anilines is 1. The second-order valence-corrected chi connectivity index (χ2v) is 9.34. The van der Waals surface area contributed by atoms with E-state index in [-0.39, 0.29) is 17.6 Å². The molecule has 1 saturated heterocycles. The van der Waals surface area contributed by atoms with Gasteiger partial charge in [-0.05, 0) is 44.4 Å². The van der Waals surface area contributed by atoms with Gasteiger partial charge in [0.1, 0.15) is 5.75 Å². The van der Waals surface area contributed by atoms with Crippen molar-refractivity contribution < 1.29 is 17.9 Å². The summed E-state index contributed by atoms with van der Waals surface area (Å²) in [7, 11) is -3.39. The molecule has 2 aromatic carbocycles. The quantitative estimate of drug-likeness (QED) is 0.749. The van der Waals surface area contributed by atoms with E-state index in [2.05, 4.69) is 5.32 Å². The largest absolute Gasteiger partial charge is 0.494 e. The van der Waals surface area contributed by atoms with Crippen LogP contribution in [0.3, 0.4) is 0 Å². The van der Waals surface area contributed by atoms with Crippen LogP contribution in [0.5, 0.6) is 5.75 Å². The highest BCUT2D eigenvalue weighted by atomic mass is 32.2. The lowest BCUT2D eigenvalue weighted by atomic mass is 9.97. The number of amides is 1. The van der Waals surface area contributed by atoms with E-state index in [1.54, 1.807) is 6.07 Å². The van der Waals surface area contributed by atoms with Gasteiger partial charge in [0.25, 0.3) is 0 Å². The van der Waals surface area contributed by atoms with E-state index in [4.69, 9.17) is 4.74 Å². The molecule has 3 rings (SSSR count). The summed E-state index contributed by atoms with van der Waals surface area (Å²) >= 11 is 0. The van der Waals surface area contributed by atoms with Gasteiger partial charge in [0, 0.05) is 30.8 Å². The molecule has 1 N–H and O–H groups in total. The molecule has 0 saturated carbocycles. The van der Waals surface area contributed by atoms with Gasteiger partial charge in [0.05, 0.1) is 12.4 Å². The smallest absolute Gasteiger partial charge is 0.227 e. The third-order valence-electron chi connectivity index (χ3n) is 5.06. The van der Waals surface area contributed by atoms with Gasteiger partial charge in [-0.25, -0.2) is 12.7 Å². The van der Waals surface area contributed by atoms with Crippen LogP contribution >= 0.6 is 0 Å². The van der Waals surface area contributed by atoms with Crippen molar-refractivity contribution in [2.45, 2.75) is 32.4 Å². The van der Waals surface area contributed by atoms with Crippen molar-refractivity contribution in [3.05, 3.63) is 59.7 Å². The van der Waals surface area contributed by atoms with Gasteiger partial charge in [0.15, 0.2) is 0 Å². The van der Waals surface area contributed by atoms with Crippen LogP contribution in [0.2, 0.25) is 0 Å². The van der Waals surface area contributed by atoms with Gasteiger partial charge >= 0.3 is 0 Å². The first-order valence-electron chi connectivity index (χ1n) is 9.94. The number of hydrogen-bond donors (Lipinski definition) is 1. The van der Waals surface area contributed by atoms with Gasteiger partial charge in [-0.15, -0.1) is 0 Å². The Kier molecular flexibility index (Phi) is 6.92. The summed E-state index contributed by atoms with van der Waals surface area (Å²) in [5.41, 5.74) is 2.52. The minimum absolute atomic E-state index is 0.00420. The molecule has 7 heteroatoms. The molecule has 0 unspecified atom stereocenters.